The molecular weight excluding hydrogens is 677 g/mol. The summed E-state index contributed by atoms with van der Waals surface area (Å²) in [6.07, 6.45) is 0. The molecule has 0 aromatic heterocycles. The summed E-state index contributed by atoms with van der Waals surface area (Å²) in [5, 5.41) is 7.47. The molecule has 0 amide bonds. The Labute approximate surface area is 333 Å². The molecule has 2 nitrogen and oxygen atoms in total. The summed E-state index contributed by atoms with van der Waals surface area (Å²) in [6.45, 7) is 26.5. The summed E-state index contributed by atoms with van der Waals surface area (Å²) in [7, 11) is 0. The van der Waals surface area contributed by atoms with Gasteiger partial charge in [-0.1, -0.05) is 139 Å². The normalized spacial score (nSPS) is 12.1. The van der Waals surface area contributed by atoms with Crippen LogP contribution in [0.15, 0.2) is 159 Å². The van der Waals surface area contributed by atoms with E-state index < -0.39 is 0 Å². The minimum Gasteiger partial charge on any atom is -0.310 e. The summed E-state index contributed by atoms with van der Waals surface area (Å²) in [6, 6.07) is 54.0. The van der Waals surface area contributed by atoms with Gasteiger partial charge < -0.3 is 9.80 Å². The van der Waals surface area contributed by atoms with Crippen LogP contribution >= 0.6 is 0 Å². The molecule has 8 rings (SSSR count). The van der Waals surface area contributed by atoms with Gasteiger partial charge >= 0.3 is 0 Å². The SMILES string of the molecule is C=C(C)c1cc(N(c2ccccc2)c2cc3ccc4cc(N(c5ccccc5)c5cc(C(=C)C)cc(C(C)(C)C)c5)cc5ccc(c2)c3c45)cc(C(C)(C)C)c1. The van der Waals surface area contributed by atoms with Crippen molar-refractivity contribution in [2.45, 2.75) is 66.2 Å². The molecule has 0 radical (unpaired) electrons. The molecule has 8 aromatic rings. The molecule has 0 spiro atoms. The number of nitrogens with zero attached hydrogens (tertiary/aromatic N) is 2. The maximum absolute atomic E-state index is 4.34. The Morgan fingerprint density at radius 3 is 0.964 bits per heavy atom. The zero-order chi connectivity index (χ0) is 39.5. The number of hydrogen-bond donors (Lipinski definition) is 0. The fourth-order valence-corrected chi connectivity index (χ4v) is 7.95. The molecule has 0 saturated carbocycles. The van der Waals surface area contributed by atoms with E-state index in [0.717, 1.165) is 56.4 Å². The van der Waals surface area contributed by atoms with Crippen LogP contribution in [0.1, 0.15) is 77.6 Å². The highest BCUT2D eigenvalue weighted by molar-refractivity contribution is 6.24. The maximum atomic E-state index is 4.34. The smallest absolute Gasteiger partial charge is 0.0473 e. The Bertz CT molecular complexity index is 2500. The van der Waals surface area contributed by atoms with E-state index in [2.05, 4.69) is 224 Å². The molecule has 8 aromatic carbocycles. The van der Waals surface area contributed by atoms with Crippen LogP contribution in [0, 0.1) is 0 Å². The molecule has 0 aliphatic carbocycles. The predicted molar refractivity (Wildman–Crippen MR) is 246 cm³/mol. The summed E-state index contributed by atoms with van der Waals surface area (Å²) >= 11 is 0. The van der Waals surface area contributed by atoms with Crippen LogP contribution in [0.4, 0.5) is 34.1 Å². The highest BCUT2D eigenvalue weighted by Gasteiger charge is 2.23. The van der Waals surface area contributed by atoms with Gasteiger partial charge in [-0.3, -0.25) is 0 Å². The minimum atomic E-state index is -0.0206. The van der Waals surface area contributed by atoms with Gasteiger partial charge in [0.1, 0.15) is 0 Å². The Morgan fingerprint density at radius 1 is 0.375 bits per heavy atom. The minimum absolute atomic E-state index is 0.0206. The van der Waals surface area contributed by atoms with E-state index in [1.807, 2.05) is 0 Å². The van der Waals surface area contributed by atoms with Gasteiger partial charge in [-0.15, -0.1) is 0 Å². The van der Waals surface area contributed by atoms with E-state index in [9.17, 15) is 0 Å². The van der Waals surface area contributed by atoms with E-state index >= 15 is 0 Å². The predicted octanol–water partition coefficient (Wildman–Crippen LogP) is 16.2. The third kappa shape index (κ3) is 6.86. The lowest BCUT2D eigenvalue weighted by molar-refractivity contribution is 0.590. The van der Waals surface area contributed by atoms with Crippen LogP contribution in [-0.4, -0.2) is 0 Å². The van der Waals surface area contributed by atoms with E-state index in [0.29, 0.717) is 0 Å². The molecule has 0 unspecified atom stereocenters. The van der Waals surface area contributed by atoms with Gasteiger partial charge in [0, 0.05) is 34.1 Å². The highest BCUT2D eigenvalue weighted by atomic mass is 15.1. The lowest BCUT2D eigenvalue weighted by atomic mass is 9.85. The van der Waals surface area contributed by atoms with E-state index in [4.69, 9.17) is 0 Å². The van der Waals surface area contributed by atoms with E-state index in [1.165, 1.54) is 43.4 Å². The van der Waals surface area contributed by atoms with Crippen LogP contribution in [-0.2, 0) is 10.8 Å². The number of benzene rings is 8. The molecule has 0 heterocycles. The van der Waals surface area contributed by atoms with Gasteiger partial charge in [-0.2, -0.15) is 0 Å². The largest absolute Gasteiger partial charge is 0.310 e. The molecule has 0 N–H and O–H groups in total. The second kappa shape index (κ2) is 13.9. The zero-order valence-corrected chi connectivity index (χ0v) is 34.2. The number of para-hydroxylation sites is 2. The molecule has 2 heteroatoms. The summed E-state index contributed by atoms with van der Waals surface area (Å²) in [4.78, 5) is 4.80. The van der Waals surface area contributed by atoms with Crippen molar-refractivity contribution in [1.29, 1.82) is 0 Å². The molecule has 278 valence electrons. The van der Waals surface area contributed by atoms with Crippen molar-refractivity contribution in [2.24, 2.45) is 0 Å². The first-order valence-corrected chi connectivity index (χ1v) is 19.7. The van der Waals surface area contributed by atoms with Crippen LogP contribution in [0.5, 0.6) is 0 Å². The first-order chi connectivity index (χ1) is 26.7. The van der Waals surface area contributed by atoms with Crippen molar-refractivity contribution >= 4 is 77.6 Å². The van der Waals surface area contributed by atoms with Crippen molar-refractivity contribution in [2.75, 3.05) is 9.80 Å². The summed E-state index contributed by atoms with van der Waals surface area (Å²) < 4.78 is 0. The molecule has 0 atom stereocenters. The van der Waals surface area contributed by atoms with E-state index in [1.54, 1.807) is 0 Å². The quantitative estimate of drug-likeness (QED) is 0.144. The number of anilines is 6. The number of allylic oxidation sites excluding steroid dienone is 2. The van der Waals surface area contributed by atoms with Gasteiger partial charge in [0.2, 0.25) is 0 Å². The van der Waals surface area contributed by atoms with Crippen LogP contribution in [0.2, 0.25) is 0 Å². The van der Waals surface area contributed by atoms with Crippen molar-refractivity contribution < 1.29 is 0 Å². The summed E-state index contributed by atoms with van der Waals surface area (Å²) in [5.41, 5.74) is 13.7. The number of hydrogen-bond acceptors (Lipinski definition) is 2. The van der Waals surface area contributed by atoms with Crippen molar-refractivity contribution in [1.82, 2.24) is 0 Å². The molecule has 0 aliphatic rings. The average Bonchev–Trinajstić information content (AvgIpc) is 3.17. The lowest BCUT2D eigenvalue weighted by Gasteiger charge is -2.30. The van der Waals surface area contributed by atoms with Crippen LogP contribution in [0.25, 0.3) is 43.5 Å². The standard InChI is InChI=1S/C54H52N2/c1-35(2)41-25-43(53(5,6)7)33-49(31-41)55(45-17-13-11-14-18-45)47-27-37-21-23-39-29-48(30-40-24-22-38(28-47)51(37)52(39)40)56(46-19-15-12-16-20-46)50-32-42(36(3)4)26-44(34-50)54(8,9)10/h11-34H,1,3H2,2,4-10H3. The Kier molecular flexibility index (Phi) is 9.12. The van der Waals surface area contributed by atoms with Gasteiger partial charge in [-0.05, 0) is 152 Å². The Hall–Kier alpha value is -6.12. The fourth-order valence-electron chi connectivity index (χ4n) is 7.95. The van der Waals surface area contributed by atoms with Crippen molar-refractivity contribution in [3.63, 3.8) is 0 Å². The Balaban J connectivity index is 1.32. The zero-order valence-electron chi connectivity index (χ0n) is 34.2. The van der Waals surface area contributed by atoms with Crippen molar-refractivity contribution in [3.05, 3.63) is 181 Å². The van der Waals surface area contributed by atoms with Gasteiger partial charge in [0.25, 0.3) is 0 Å². The molecule has 56 heavy (non-hydrogen) atoms. The molecular formula is C54H52N2. The van der Waals surface area contributed by atoms with Gasteiger partial charge in [0.05, 0.1) is 0 Å². The second-order valence-electron chi connectivity index (χ2n) is 17.6. The first kappa shape index (κ1) is 36.8. The fraction of sp³-hybridized carbons (Fsp3) is 0.185. The van der Waals surface area contributed by atoms with E-state index in [-0.39, 0.29) is 10.8 Å². The molecule has 0 aliphatic heterocycles. The monoisotopic (exact) mass is 728 g/mol. The lowest BCUT2D eigenvalue weighted by Crippen LogP contribution is -2.15. The van der Waals surface area contributed by atoms with Gasteiger partial charge in [0.15, 0.2) is 0 Å². The van der Waals surface area contributed by atoms with Crippen molar-refractivity contribution in [3.8, 4) is 0 Å². The number of rotatable bonds is 8. The second-order valence-corrected chi connectivity index (χ2v) is 17.6. The highest BCUT2D eigenvalue weighted by Crippen LogP contribution is 2.46. The maximum Gasteiger partial charge on any atom is 0.0473 e. The third-order valence-corrected chi connectivity index (χ3v) is 11.1. The average molecular weight is 729 g/mol. The topological polar surface area (TPSA) is 6.48 Å². The first-order valence-electron chi connectivity index (χ1n) is 19.7. The summed E-state index contributed by atoms with van der Waals surface area (Å²) in [5.74, 6) is 0. The Morgan fingerprint density at radius 2 is 0.679 bits per heavy atom. The van der Waals surface area contributed by atoms with Gasteiger partial charge in [-0.25, -0.2) is 0 Å². The van der Waals surface area contributed by atoms with Crippen LogP contribution < -0.4 is 9.80 Å². The molecule has 0 bridgehead atoms. The molecule has 0 fully saturated rings. The van der Waals surface area contributed by atoms with Crippen LogP contribution in [0.3, 0.4) is 0 Å². The molecule has 0 saturated heterocycles. The third-order valence-electron chi connectivity index (χ3n) is 11.1.